The smallest absolute Gasteiger partial charge is 0.327 e. The quantitative estimate of drug-likeness (QED) is 0.526. The fourth-order valence-corrected chi connectivity index (χ4v) is 4.54. The number of rotatable bonds is 6. The second-order valence-corrected chi connectivity index (χ2v) is 9.24. The van der Waals surface area contributed by atoms with Gasteiger partial charge in [-0.1, -0.05) is 46.4 Å². The monoisotopic (exact) mass is 469 g/mol. The van der Waals surface area contributed by atoms with Gasteiger partial charge in [0.25, 0.3) is 10.0 Å². The van der Waals surface area contributed by atoms with Crippen molar-refractivity contribution < 1.29 is 17.9 Å². The Morgan fingerprint density at radius 3 is 2.22 bits per heavy atom. The SMILES string of the molecule is CC(C)OC(=O)CN(c1ccc(Cl)cc1Cl)S(=O)(=O)c1ccc(Cl)c(Cl)c1. The Kier molecular flexibility index (Phi) is 7.27. The van der Waals surface area contributed by atoms with Crippen LogP contribution in [0.1, 0.15) is 13.8 Å². The molecular weight excluding hydrogens is 456 g/mol. The van der Waals surface area contributed by atoms with Crippen molar-refractivity contribution in [3.8, 4) is 0 Å². The van der Waals surface area contributed by atoms with Gasteiger partial charge in [0, 0.05) is 5.02 Å². The molecule has 0 saturated carbocycles. The lowest BCUT2D eigenvalue weighted by molar-refractivity contribution is -0.145. The van der Waals surface area contributed by atoms with Crippen molar-refractivity contribution in [3.63, 3.8) is 0 Å². The van der Waals surface area contributed by atoms with Crippen LogP contribution in [0, 0.1) is 0 Å². The van der Waals surface area contributed by atoms with Gasteiger partial charge in [0.1, 0.15) is 6.54 Å². The van der Waals surface area contributed by atoms with E-state index in [-0.39, 0.29) is 25.7 Å². The minimum absolute atomic E-state index is 0.0588. The Bertz CT molecular complexity index is 963. The van der Waals surface area contributed by atoms with Gasteiger partial charge in [-0.25, -0.2) is 8.42 Å². The van der Waals surface area contributed by atoms with Crippen LogP contribution in [0.3, 0.4) is 0 Å². The summed E-state index contributed by atoms with van der Waals surface area (Å²) >= 11 is 23.9. The first-order valence-corrected chi connectivity index (χ1v) is 10.6. The molecule has 0 radical (unpaired) electrons. The molecule has 0 spiro atoms. The summed E-state index contributed by atoms with van der Waals surface area (Å²) in [5, 5.41) is 0.638. The van der Waals surface area contributed by atoms with Crippen molar-refractivity contribution >= 4 is 68.1 Å². The van der Waals surface area contributed by atoms with E-state index in [0.29, 0.717) is 5.02 Å². The Hall–Kier alpha value is -1.18. The molecule has 0 fully saturated rings. The van der Waals surface area contributed by atoms with E-state index < -0.39 is 28.6 Å². The highest BCUT2D eigenvalue weighted by atomic mass is 35.5. The maximum Gasteiger partial charge on any atom is 0.327 e. The predicted octanol–water partition coefficient (Wildman–Crippen LogP) is 5.45. The molecule has 0 bridgehead atoms. The maximum atomic E-state index is 13.2. The summed E-state index contributed by atoms with van der Waals surface area (Å²) in [5.74, 6) is -0.736. The number of esters is 1. The van der Waals surface area contributed by atoms with Crippen molar-refractivity contribution in [2.24, 2.45) is 0 Å². The molecule has 2 rings (SSSR count). The summed E-state index contributed by atoms with van der Waals surface area (Å²) in [6.45, 7) is 2.73. The standard InChI is InChI=1S/C17H15Cl4NO4S/c1-10(2)26-17(23)9-22(16-6-3-11(18)7-15(16)21)27(24,25)12-4-5-13(19)14(20)8-12/h3-8,10H,9H2,1-2H3. The number of benzene rings is 2. The molecule has 2 aromatic rings. The van der Waals surface area contributed by atoms with E-state index >= 15 is 0 Å². The van der Waals surface area contributed by atoms with Gasteiger partial charge < -0.3 is 4.74 Å². The molecular formula is C17H15Cl4NO4S. The van der Waals surface area contributed by atoms with Crippen LogP contribution >= 0.6 is 46.4 Å². The molecule has 0 heterocycles. The second kappa shape index (κ2) is 8.88. The van der Waals surface area contributed by atoms with Crippen LogP contribution in [-0.2, 0) is 19.6 Å². The van der Waals surface area contributed by atoms with Gasteiger partial charge in [-0.2, -0.15) is 0 Å². The average Bonchev–Trinajstić information content (AvgIpc) is 2.55. The molecule has 2 aromatic carbocycles. The molecule has 27 heavy (non-hydrogen) atoms. The van der Waals surface area contributed by atoms with E-state index in [4.69, 9.17) is 51.1 Å². The number of hydrogen-bond acceptors (Lipinski definition) is 4. The van der Waals surface area contributed by atoms with E-state index in [9.17, 15) is 13.2 Å². The Morgan fingerprint density at radius 1 is 1.00 bits per heavy atom. The highest BCUT2D eigenvalue weighted by Crippen LogP contribution is 2.34. The van der Waals surface area contributed by atoms with E-state index in [0.717, 1.165) is 4.31 Å². The van der Waals surface area contributed by atoms with Crippen molar-refractivity contribution in [2.45, 2.75) is 24.8 Å². The summed E-state index contributed by atoms with van der Waals surface area (Å²) in [4.78, 5) is 12.0. The third kappa shape index (κ3) is 5.42. The maximum absolute atomic E-state index is 13.2. The van der Waals surface area contributed by atoms with Crippen molar-refractivity contribution in [3.05, 3.63) is 56.5 Å². The topological polar surface area (TPSA) is 63.7 Å². The van der Waals surface area contributed by atoms with Crippen LogP contribution in [-0.4, -0.2) is 27.0 Å². The second-order valence-electron chi connectivity index (χ2n) is 5.72. The molecule has 0 unspecified atom stereocenters. The zero-order valence-electron chi connectivity index (χ0n) is 14.2. The first-order chi connectivity index (χ1) is 12.5. The summed E-state index contributed by atoms with van der Waals surface area (Å²) in [5.41, 5.74) is 0.0767. The molecule has 5 nitrogen and oxygen atoms in total. The van der Waals surface area contributed by atoms with Crippen LogP contribution in [0.4, 0.5) is 5.69 Å². The summed E-state index contributed by atoms with van der Waals surface area (Å²) in [6, 6.07) is 8.09. The van der Waals surface area contributed by atoms with Gasteiger partial charge in [-0.05, 0) is 50.2 Å². The number of anilines is 1. The summed E-state index contributed by atoms with van der Waals surface area (Å²) in [7, 11) is -4.20. The number of halogens is 4. The molecule has 0 aliphatic carbocycles. The van der Waals surface area contributed by atoms with E-state index in [1.807, 2.05) is 0 Å². The third-order valence-corrected chi connectivity index (χ3v) is 6.33. The average molecular weight is 471 g/mol. The Labute approximate surface area is 177 Å². The predicted molar refractivity (Wildman–Crippen MR) is 109 cm³/mol. The van der Waals surface area contributed by atoms with Crippen molar-refractivity contribution in [1.82, 2.24) is 0 Å². The van der Waals surface area contributed by atoms with Crippen LogP contribution in [0.15, 0.2) is 41.3 Å². The first-order valence-electron chi connectivity index (χ1n) is 7.64. The molecule has 0 atom stereocenters. The van der Waals surface area contributed by atoms with Crippen LogP contribution < -0.4 is 4.31 Å². The summed E-state index contributed by atoms with van der Waals surface area (Å²) in [6.07, 6.45) is -0.410. The number of ether oxygens (including phenoxy) is 1. The van der Waals surface area contributed by atoms with Gasteiger partial charge in [-0.3, -0.25) is 9.10 Å². The lowest BCUT2D eigenvalue weighted by Gasteiger charge is -2.25. The van der Waals surface area contributed by atoms with Crippen LogP contribution in [0.2, 0.25) is 20.1 Å². The third-order valence-electron chi connectivity index (χ3n) is 3.30. The molecule has 146 valence electrons. The zero-order chi connectivity index (χ0) is 20.4. The van der Waals surface area contributed by atoms with Gasteiger partial charge in [0.15, 0.2) is 0 Å². The van der Waals surface area contributed by atoms with E-state index in [1.54, 1.807) is 13.8 Å². The minimum atomic E-state index is -4.20. The number of carbonyl (C=O) groups excluding carboxylic acids is 1. The van der Waals surface area contributed by atoms with E-state index in [2.05, 4.69) is 0 Å². The summed E-state index contributed by atoms with van der Waals surface area (Å²) < 4.78 is 32.3. The van der Waals surface area contributed by atoms with Crippen LogP contribution in [0.25, 0.3) is 0 Å². The largest absolute Gasteiger partial charge is 0.462 e. The van der Waals surface area contributed by atoms with Gasteiger partial charge in [-0.15, -0.1) is 0 Å². The highest BCUT2D eigenvalue weighted by molar-refractivity contribution is 7.92. The molecule has 0 saturated heterocycles. The fourth-order valence-electron chi connectivity index (χ4n) is 2.17. The number of hydrogen-bond donors (Lipinski definition) is 0. The normalized spacial score (nSPS) is 11.5. The van der Waals surface area contributed by atoms with E-state index in [1.165, 1.54) is 36.4 Å². The van der Waals surface area contributed by atoms with Gasteiger partial charge in [0.2, 0.25) is 0 Å². The Morgan fingerprint density at radius 2 is 1.67 bits per heavy atom. The number of sulfonamides is 1. The van der Waals surface area contributed by atoms with Gasteiger partial charge >= 0.3 is 5.97 Å². The van der Waals surface area contributed by atoms with Crippen molar-refractivity contribution in [1.29, 1.82) is 0 Å². The molecule has 0 aliphatic heterocycles. The molecule has 0 N–H and O–H groups in total. The minimum Gasteiger partial charge on any atom is -0.462 e. The van der Waals surface area contributed by atoms with Gasteiger partial charge in [0.05, 0.1) is 31.8 Å². The molecule has 0 aliphatic rings. The first kappa shape index (κ1) is 22.1. The fraction of sp³-hybridized carbons (Fsp3) is 0.235. The highest BCUT2D eigenvalue weighted by Gasteiger charge is 2.30. The Balaban J connectivity index is 2.56. The lowest BCUT2D eigenvalue weighted by Crippen LogP contribution is -2.37. The lowest BCUT2D eigenvalue weighted by atomic mass is 10.3. The van der Waals surface area contributed by atoms with Crippen molar-refractivity contribution in [2.75, 3.05) is 10.8 Å². The number of nitrogens with zero attached hydrogens (tertiary/aromatic N) is 1. The molecule has 10 heteroatoms. The molecule has 0 aromatic heterocycles. The zero-order valence-corrected chi connectivity index (χ0v) is 18.1. The number of carbonyl (C=O) groups is 1. The van der Waals surface area contributed by atoms with Crippen LogP contribution in [0.5, 0.6) is 0 Å². The molecule has 0 amide bonds.